The normalized spacial score (nSPS) is 34.2. The van der Waals surface area contributed by atoms with E-state index >= 15 is 0 Å². The van der Waals surface area contributed by atoms with Crippen molar-refractivity contribution in [3.05, 3.63) is 0 Å². The van der Waals surface area contributed by atoms with Gasteiger partial charge in [0.2, 0.25) is 0 Å². The van der Waals surface area contributed by atoms with Crippen LogP contribution in [0.5, 0.6) is 0 Å². The maximum absolute atomic E-state index is 5.18. The SMILES string of the molecule is C1CSC(C[C@@H]2CO2)SC1. The highest BCUT2D eigenvalue weighted by Gasteiger charge is 2.27. The van der Waals surface area contributed by atoms with Gasteiger partial charge in [-0.1, -0.05) is 0 Å². The first-order valence-corrected chi connectivity index (χ1v) is 5.90. The second-order valence-electron chi connectivity index (χ2n) is 2.72. The van der Waals surface area contributed by atoms with E-state index in [9.17, 15) is 0 Å². The molecule has 0 N–H and O–H groups in total. The number of epoxide rings is 1. The van der Waals surface area contributed by atoms with Gasteiger partial charge in [-0.25, -0.2) is 0 Å². The fourth-order valence-electron chi connectivity index (χ4n) is 1.09. The summed E-state index contributed by atoms with van der Waals surface area (Å²) in [4.78, 5) is 0. The lowest BCUT2D eigenvalue weighted by atomic mass is 10.4. The number of ether oxygens (including phenoxy) is 1. The Morgan fingerprint density at radius 2 is 2.00 bits per heavy atom. The van der Waals surface area contributed by atoms with E-state index in [0.29, 0.717) is 6.10 Å². The first-order valence-electron chi connectivity index (χ1n) is 3.80. The van der Waals surface area contributed by atoms with Crippen molar-refractivity contribution >= 4 is 23.5 Å². The molecule has 2 rings (SSSR count). The molecule has 0 saturated carbocycles. The summed E-state index contributed by atoms with van der Waals surface area (Å²) in [5.41, 5.74) is 0. The molecule has 2 heterocycles. The molecule has 0 bridgehead atoms. The summed E-state index contributed by atoms with van der Waals surface area (Å²) in [5.74, 6) is 2.73. The third kappa shape index (κ3) is 2.07. The number of hydrogen-bond donors (Lipinski definition) is 0. The Balaban J connectivity index is 1.69. The average molecular weight is 176 g/mol. The van der Waals surface area contributed by atoms with Crippen LogP contribution in [0.3, 0.4) is 0 Å². The van der Waals surface area contributed by atoms with Gasteiger partial charge in [-0.3, -0.25) is 0 Å². The van der Waals surface area contributed by atoms with Gasteiger partial charge in [0.1, 0.15) is 0 Å². The van der Waals surface area contributed by atoms with Crippen LogP contribution < -0.4 is 0 Å². The summed E-state index contributed by atoms with van der Waals surface area (Å²) in [7, 11) is 0. The summed E-state index contributed by atoms with van der Waals surface area (Å²) in [6.45, 7) is 1.03. The predicted octanol–water partition coefficient (Wildman–Crippen LogP) is 1.97. The van der Waals surface area contributed by atoms with Crippen molar-refractivity contribution < 1.29 is 4.74 Å². The molecule has 58 valence electrons. The monoisotopic (exact) mass is 176 g/mol. The van der Waals surface area contributed by atoms with Crippen molar-refractivity contribution in [1.29, 1.82) is 0 Å². The van der Waals surface area contributed by atoms with E-state index in [-0.39, 0.29) is 0 Å². The van der Waals surface area contributed by atoms with Crippen LogP contribution >= 0.6 is 23.5 Å². The Morgan fingerprint density at radius 3 is 2.60 bits per heavy atom. The summed E-state index contributed by atoms with van der Waals surface area (Å²) < 4.78 is 6.03. The highest BCUT2D eigenvalue weighted by molar-refractivity contribution is 8.17. The first kappa shape index (κ1) is 7.32. The summed E-state index contributed by atoms with van der Waals surface area (Å²) in [6, 6.07) is 0. The van der Waals surface area contributed by atoms with Crippen LogP contribution in [0.2, 0.25) is 0 Å². The van der Waals surface area contributed by atoms with E-state index in [1.807, 2.05) is 0 Å². The molecule has 1 nitrogen and oxygen atoms in total. The molecule has 0 aromatic carbocycles. The lowest BCUT2D eigenvalue weighted by Crippen LogP contribution is -2.08. The minimum atomic E-state index is 0.628. The van der Waals surface area contributed by atoms with E-state index in [1.54, 1.807) is 0 Å². The smallest absolute Gasteiger partial charge is 0.0828 e. The topological polar surface area (TPSA) is 12.5 Å². The maximum atomic E-state index is 5.18. The third-order valence-corrected chi connectivity index (χ3v) is 4.75. The zero-order valence-electron chi connectivity index (χ0n) is 5.91. The molecule has 2 aliphatic heterocycles. The zero-order chi connectivity index (χ0) is 6.81. The van der Waals surface area contributed by atoms with Gasteiger partial charge in [-0.15, -0.1) is 23.5 Å². The number of hydrogen-bond acceptors (Lipinski definition) is 3. The molecular weight excluding hydrogens is 164 g/mol. The Bertz CT molecular complexity index is 108. The van der Waals surface area contributed by atoms with Gasteiger partial charge < -0.3 is 4.74 Å². The largest absolute Gasteiger partial charge is 0.373 e. The van der Waals surface area contributed by atoms with Crippen LogP contribution in [0.25, 0.3) is 0 Å². The molecular formula is C7H12OS2. The minimum Gasteiger partial charge on any atom is -0.373 e. The lowest BCUT2D eigenvalue weighted by Gasteiger charge is -2.19. The van der Waals surface area contributed by atoms with Gasteiger partial charge in [-0.2, -0.15) is 0 Å². The predicted molar refractivity (Wildman–Crippen MR) is 47.7 cm³/mol. The summed E-state index contributed by atoms with van der Waals surface area (Å²) >= 11 is 4.23. The van der Waals surface area contributed by atoms with Crippen molar-refractivity contribution in [2.75, 3.05) is 18.1 Å². The molecule has 0 aromatic rings. The van der Waals surface area contributed by atoms with Crippen LogP contribution in [0.1, 0.15) is 12.8 Å². The molecule has 0 amide bonds. The quantitative estimate of drug-likeness (QED) is 0.597. The van der Waals surface area contributed by atoms with Gasteiger partial charge >= 0.3 is 0 Å². The van der Waals surface area contributed by atoms with Gasteiger partial charge in [0.25, 0.3) is 0 Å². The van der Waals surface area contributed by atoms with Crippen molar-refractivity contribution in [1.82, 2.24) is 0 Å². The van der Waals surface area contributed by atoms with Crippen molar-refractivity contribution in [2.24, 2.45) is 0 Å². The van der Waals surface area contributed by atoms with Gasteiger partial charge in [-0.05, 0) is 24.3 Å². The van der Waals surface area contributed by atoms with E-state index in [1.165, 1.54) is 24.3 Å². The third-order valence-electron chi connectivity index (χ3n) is 1.75. The van der Waals surface area contributed by atoms with Crippen LogP contribution in [-0.2, 0) is 4.74 Å². The first-order chi connectivity index (χ1) is 4.95. The fourth-order valence-corrected chi connectivity index (χ4v) is 4.09. The zero-order valence-corrected chi connectivity index (χ0v) is 7.55. The Kier molecular flexibility index (Phi) is 2.47. The Labute approximate surface area is 70.3 Å². The highest BCUT2D eigenvalue weighted by atomic mass is 32.2. The molecule has 10 heavy (non-hydrogen) atoms. The van der Waals surface area contributed by atoms with Crippen LogP contribution in [0.4, 0.5) is 0 Å². The second-order valence-corrected chi connectivity index (χ2v) is 5.64. The van der Waals surface area contributed by atoms with Crippen LogP contribution in [0.15, 0.2) is 0 Å². The number of rotatable bonds is 2. The molecule has 1 atom stereocenters. The Morgan fingerprint density at radius 1 is 1.30 bits per heavy atom. The molecule has 3 heteroatoms. The number of thioether (sulfide) groups is 2. The second kappa shape index (κ2) is 3.37. The maximum Gasteiger partial charge on any atom is 0.0828 e. The van der Waals surface area contributed by atoms with E-state index in [4.69, 9.17) is 4.74 Å². The molecule has 2 fully saturated rings. The lowest BCUT2D eigenvalue weighted by molar-refractivity contribution is 0.402. The molecule has 2 saturated heterocycles. The van der Waals surface area contributed by atoms with Gasteiger partial charge in [0.15, 0.2) is 0 Å². The fraction of sp³-hybridized carbons (Fsp3) is 1.00. The van der Waals surface area contributed by atoms with Crippen LogP contribution in [0, 0.1) is 0 Å². The van der Waals surface area contributed by atoms with Gasteiger partial charge in [0, 0.05) is 0 Å². The Hall–Kier alpha value is 0.660. The average Bonchev–Trinajstić information content (AvgIpc) is 2.74. The molecule has 0 spiro atoms. The standard InChI is InChI=1S/C7H12OS2/c1-2-9-7(10-3-1)4-6-5-8-6/h6-7H,1-5H2/t6-/m1/s1. The van der Waals surface area contributed by atoms with E-state index in [2.05, 4.69) is 23.5 Å². The molecule has 0 radical (unpaired) electrons. The van der Waals surface area contributed by atoms with Crippen molar-refractivity contribution in [3.8, 4) is 0 Å². The highest BCUT2D eigenvalue weighted by Crippen LogP contribution is 2.36. The molecule has 2 aliphatic rings. The molecule has 0 aromatic heterocycles. The van der Waals surface area contributed by atoms with E-state index in [0.717, 1.165) is 11.2 Å². The minimum absolute atomic E-state index is 0.628. The molecule has 0 aliphatic carbocycles. The van der Waals surface area contributed by atoms with Crippen molar-refractivity contribution in [3.63, 3.8) is 0 Å². The van der Waals surface area contributed by atoms with Gasteiger partial charge in [0.05, 0.1) is 17.3 Å². The van der Waals surface area contributed by atoms with E-state index < -0.39 is 0 Å². The molecule has 0 unspecified atom stereocenters. The summed E-state index contributed by atoms with van der Waals surface area (Å²) in [6.07, 6.45) is 3.32. The van der Waals surface area contributed by atoms with Crippen LogP contribution in [-0.4, -0.2) is 28.8 Å². The summed E-state index contributed by atoms with van der Waals surface area (Å²) in [5, 5.41) is 0. The van der Waals surface area contributed by atoms with Crippen molar-refractivity contribution in [2.45, 2.75) is 23.5 Å².